The second-order valence-electron chi connectivity index (χ2n) is 9.34. The minimum absolute atomic E-state index is 0.148. The number of carbonyl (C=O) groups excluding carboxylic acids is 3. The van der Waals surface area contributed by atoms with Crippen LogP contribution in [-0.2, 0) is 38.1 Å². The minimum Gasteiger partial charge on any atom is -0.455 e. The molecule has 2 aromatic rings. The van der Waals surface area contributed by atoms with Crippen molar-refractivity contribution in [2.24, 2.45) is 10.3 Å². The van der Waals surface area contributed by atoms with Gasteiger partial charge in [0.15, 0.2) is 30.8 Å². The lowest BCUT2D eigenvalue weighted by atomic mass is 9.92. The standard InChI is InChI=1S/C26H26N4O8/c1-14(31)36-22-20(21-17(37-26(22)34-2)13-35-25(38-21)15-9-5-3-6-10-15)30-19-18(27-28-30)23(32)29(24(19)33)16-11-7-4-8-12-16/h3-12,17-22,25-26H,13H2,1-2H3/t17-,18+,19-,20-,21-,22+,25?,26+/m1/s1. The molecule has 0 radical (unpaired) electrons. The molecule has 3 fully saturated rings. The fourth-order valence-corrected chi connectivity index (χ4v) is 5.42. The highest BCUT2D eigenvalue weighted by Crippen LogP contribution is 2.41. The number of para-hydroxylation sites is 1. The highest BCUT2D eigenvalue weighted by molar-refractivity contribution is 6.25. The van der Waals surface area contributed by atoms with E-state index in [9.17, 15) is 14.4 Å². The second-order valence-corrected chi connectivity index (χ2v) is 9.34. The Kier molecular flexibility index (Phi) is 6.40. The Morgan fingerprint density at radius 3 is 2.39 bits per heavy atom. The molecule has 4 heterocycles. The molecule has 4 aliphatic heterocycles. The highest BCUT2D eigenvalue weighted by Gasteiger charge is 2.62. The summed E-state index contributed by atoms with van der Waals surface area (Å²) in [5, 5.41) is 9.84. The predicted molar refractivity (Wildman–Crippen MR) is 128 cm³/mol. The van der Waals surface area contributed by atoms with Crippen LogP contribution in [0.3, 0.4) is 0 Å². The van der Waals surface area contributed by atoms with Gasteiger partial charge in [-0.1, -0.05) is 53.8 Å². The average molecular weight is 523 g/mol. The van der Waals surface area contributed by atoms with Crippen molar-refractivity contribution in [3.05, 3.63) is 66.2 Å². The number of hydrogen-bond acceptors (Lipinski definition) is 11. The maximum atomic E-state index is 13.7. The number of methoxy groups -OCH3 is 1. The number of esters is 1. The molecule has 0 bridgehead atoms. The van der Waals surface area contributed by atoms with Gasteiger partial charge in [0.05, 0.1) is 12.3 Å². The molecule has 2 aromatic carbocycles. The quantitative estimate of drug-likeness (QED) is 0.426. The summed E-state index contributed by atoms with van der Waals surface area (Å²) < 4.78 is 29.6. The number of amides is 2. The van der Waals surface area contributed by atoms with E-state index in [1.54, 1.807) is 30.3 Å². The average Bonchev–Trinajstić information content (AvgIpc) is 3.47. The van der Waals surface area contributed by atoms with Crippen LogP contribution < -0.4 is 4.90 Å². The summed E-state index contributed by atoms with van der Waals surface area (Å²) >= 11 is 0. The molecule has 12 heteroatoms. The second kappa shape index (κ2) is 9.87. The Labute approximate surface area is 218 Å². The van der Waals surface area contributed by atoms with Crippen LogP contribution in [0.1, 0.15) is 18.8 Å². The number of carbonyl (C=O) groups is 3. The number of imide groups is 1. The van der Waals surface area contributed by atoms with Crippen LogP contribution in [-0.4, -0.2) is 79.2 Å². The third-order valence-electron chi connectivity index (χ3n) is 7.05. The van der Waals surface area contributed by atoms with Gasteiger partial charge in [-0.05, 0) is 12.1 Å². The molecular weight excluding hydrogens is 496 g/mol. The van der Waals surface area contributed by atoms with E-state index >= 15 is 0 Å². The molecule has 198 valence electrons. The van der Waals surface area contributed by atoms with Crippen molar-refractivity contribution in [1.29, 1.82) is 0 Å². The summed E-state index contributed by atoms with van der Waals surface area (Å²) in [5.41, 5.74) is 1.22. The van der Waals surface area contributed by atoms with Crippen molar-refractivity contribution in [3.63, 3.8) is 0 Å². The molecule has 4 aliphatic rings. The first-order chi connectivity index (χ1) is 18.5. The number of hydrogen-bond donors (Lipinski definition) is 0. The first-order valence-electron chi connectivity index (χ1n) is 12.3. The number of nitrogens with zero attached hydrogens (tertiary/aromatic N) is 4. The molecule has 38 heavy (non-hydrogen) atoms. The Morgan fingerprint density at radius 2 is 1.71 bits per heavy atom. The first kappa shape index (κ1) is 24.6. The van der Waals surface area contributed by atoms with E-state index < -0.39 is 66.8 Å². The molecular formula is C26H26N4O8. The van der Waals surface area contributed by atoms with E-state index in [0.717, 1.165) is 10.5 Å². The monoisotopic (exact) mass is 522 g/mol. The van der Waals surface area contributed by atoms with Gasteiger partial charge >= 0.3 is 5.97 Å². The fourth-order valence-electron chi connectivity index (χ4n) is 5.42. The van der Waals surface area contributed by atoms with Crippen molar-refractivity contribution in [3.8, 4) is 0 Å². The predicted octanol–water partition coefficient (Wildman–Crippen LogP) is 1.77. The first-order valence-corrected chi connectivity index (χ1v) is 12.3. The topological polar surface area (TPSA) is 129 Å². The number of benzene rings is 2. The van der Waals surface area contributed by atoms with Crippen LogP contribution in [0.4, 0.5) is 5.69 Å². The smallest absolute Gasteiger partial charge is 0.303 e. The number of ether oxygens (including phenoxy) is 5. The van der Waals surface area contributed by atoms with Gasteiger partial charge in [-0.3, -0.25) is 19.4 Å². The van der Waals surface area contributed by atoms with Gasteiger partial charge in [0.25, 0.3) is 11.8 Å². The van der Waals surface area contributed by atoms with Gasteiger partial charge in [0.2, 0.25) is 0 Å². The molecule has 0 aliphatic carbocycles. The van der Waals surface area contributed by atoms with Crippen LogP contribution in [0.15, 0.2) is 71.0 Å². The lowest BCUT2D eigenvalue weighted by Gasteiger charge is -2.50. The van der Waals surface area contributed by atoms with Crippen molar-refractivity contribution in [1.82, 2.24) is 5.01 Å². The van der Waals surface area contributed by atoms with Crippen LogP contribution >= 0.6 is 0 Å². The van der Waals surface area contributed by atoms with Gasteiger partial charge in [0.1, 0.15) is 18.2 Å². The number of fused-ring (bicyclic) bond motifs is 2. The molecule has 12 nitrogen and oxygen atoms in total. The van der Waals surface area contributed by atoms with E-state index in [-0.39, 0.29) is 6.61 Å². The molecule has 8 atom stereocenters. The van der Waals surface area contributed by atoms with Gasteiger partial charge in [0, 0.05) is 19.6 Å². The molecule has 3 saturated heterocycles. The van der Waals surface area contributed by atoms with Gasteiger partial charge < -0.3 is 23.7 Å². The Hall–Kier alpha value is -3.71. The summed E-state index contributed by atoms with van der Waals surface area (Å²) in [5.74, 6) is -1.55. The Morgan fingerprint density at radius 1 is 1.00 bits per heavy atom. The van der Waals surface area contributed by atoms with E-state index in [1.807, 2.05) is 30.3 Å². The van der Waals surface area contributed by atoms with Crippen LogP contribution in [0.25, 0.3) is 0 Å². The summed E-state index contributed by atoms with van der Waals surface area (Å²) in [6, 6.07) is 15.0. The zero-order valence-electron chi connectivity index (χ0n) is 20.7. The lowest BCUT2D eigenvalue weighted by molar-refractivity contribution is -0.351. The third-order valence-corrected chi connectivity index (χ3v) is 7.05. The summed E-state index contributed by atoms with van der Waals surface area (Å²) in [4.78, 5) is 40.2. The highest BCUT2D eigenvalue weighted by atomic mass is 16.8. The van der Waals surface area contributed by atoms with Gasteiger partial charge in [-0.25, -0.2) is 4.90 Å². The number of rotatable bonds is 5. The van der Waals surface area contributed by atoms with E-state index in [0.29, 0.717) is 5.69 Å². The summed E-state index contributed by atoms with van der Waals surface area (Å²) in [6.45, 7) is 1.42. The largest absolute Gasteiger partial charge is 0.455 e. The Bertz CT molecular complexity index is 1240. The van der Waals surface area contributed by atoms with Crippen LogP contribution in [0.5, 0.6) is 0 Å². The maximum Gasteiger partial charge on any atom is 0.303 e. The third kappa shape index (κ3) is 4.06. The zero-order valence-corrected chi connectivity index (χ0v) is 20.7. The molecule has 0 N–H and O–H groups in total. The molecule has 0 saturated carbocycles. The van der Waals surface area contributed by atoms with Crippen molar-refractivity contribution < 1.29 is 38.1 Å². The Balaban J connectivity index is 1.37. The van der Waals surface area contributed by atoms with Crippen molar-refractivity contribution in [2.75, 3.05) is 18.6 Å². The van der Waals surface area contributed by atoms with E-state index in [4.69, 9.17) is 23.7 Å². The van der Waals surface area contributed by atoms with Crippen molar-refractivity contribution in [2.45, 2.75) is 55.9 Å². The summed E-state index contributed by atoms with van der Waals surface area (Å²) in [6.07, 6.45) is -4.19. The number of anilines is 1. The van der Waals surface area contributed by atoms with Crippen LogP contribution in [0, 0.1) is 0 Å². The molecule has 6 rings (SSSR count). The van der Waals surface area contributed by atoms with Crippen molar-refractivity contribution >= 4 is 23.5 Å². The summed E-state index contributed by atoms with van der Waals surface area (Å²) in [7, 11) is 1.42. The van der Waals surface area contributed by atoms with E-state index in [1.165, 1.54) is 19.0 Å². The molecule has 0 aromatic heterocycles. The SMILES string of the molecule is CO[C@H]1O[C@@H]2COC(c3ccccc3)O[C@H]2[C@@H](N2N=N[C@@H]3C(=O)N(c4ccccc4)C(=O)[C@@H]32)[C@@H]1OC(C)=O. The van der Waals surface area contributed by atoms with E-state index in [2.05, 4.69) is 10.3 Å². The normalized spacial score (nSPS) is 34.3. The zero-order chi connectivity index (χ0) is 26.4. The fraction of sp³-hybridized carbons (Fsp3) is 0.423. The minimum atomic E-state index is -1.05. The van der Waals surface area contributed by atoms with Gasteiger partial charge in [-0.2, -0.15) is 5.11 Å². The lowest BCUT2D eigenvalue weighted by Crippen LogP contribution is -2.68. The molecule has 0 spiro atoms. The molecule has 2 amide bonds. The molecule has 1 unspecified atom stereocenters. The van der Waals surface area contributed by atoms with Crippen LogP contribution in [0.2, 0.25) is 0 Å². The maximum absolute atomic E-state index is 13.7. The van der Waals surface area contributed by atoms with Gasteiger partial charge in [-0.15, -0.1) is 0 Å².